The largest absolute Gasteiger partial charge is 0.616 e. The van der Waals surface area contributed by atoms with E-state index >= 15 is 0 Å². The molecule has 0 N–H and O–H groups in total. The van der Waals surface area contributed by atoms with Gasteiger partial charge in [0.2, 0.25) is 0 Å². The summed E-state index contributed by atoms with van der Waals surface area (Å²) < 4.78 is 23.5. The lowest BCUT2D eigenvalue weighted by molar-refractivity contribution is 0.00578. The molecule has 120 valence electrons. The summed E-state index contributed by atoms with van der Waals surface area (Å²) in [5, 5.41) is 0. The number of rotatable bonds is 2. The second kappa shape index (κ2) is 5.71. The maximum absolute atomic E-state index is 11.4. The Morgan fingerprint density at radius 1 is 1.14 bits per heavy atom. The summed E-state index contributed by atoms with van der Waals surface area (Å²) in [6.07, 6.45) is 1.82. The standard InChI is InChI=1S/C15H23BN2O3S/c1-14(2)15(3,4)21-16(20-14)12-5-6-13(17-11-12)18-7-9-22(19)10-8-18/h5-6,11H,7-10H2,1-4H3. The minimum absolute atomic E-state index is 0.340. The maximum atomic E-state index is 11.4. The van der Waals surface area contributed by atoms with Crippen LogP contribution in [0, 0.1) is 0 Å². The Hall–Kier alpha value is -0.755. The molecule has 0 spiro atoms. The predicted molar refractivity (Wildman–Crippen MR) is 90.0 cm³/mol. The van der Waals surface area contributed by atoms with Crippen molar-refractivity contribution in [2.75, 3.05) is 29.5 Å². The third-order valence-corrected chi connectivity index (χ3v) is 6.07. The molecule has 2 fully saturated rings. The molecule has 22 heavy (non-hydrogen) atoms. The highest BCUT2D eigenvalue weighted by atomic mass is 32.2. The molecule has 0 aliphatic carbocycles. The quantitative estimate of drug-likeness (QED) is 0.599. The van der Waals surface area contributed by atoms with E-state index in [2.05, 4.69) is 9.88 Å². The lowest BCUT2D eigenvalue weighted by Gasteiger charge is -2.32. The van der Waals surface area contributed by atoms with Crippen LogP contribution in [0.1, 0.15) is 27.7 Å². The molecule has 3 heterocycles. The average Bonchev–Trinajstić information content (AvgIpc) is 2.68. The Morgan fingerprint density at radius 3 is 2.23 bits per heavy atom. The fourth-order valence-corrected chi connectivity index (χ4v) is 3.62. The zero-order valence-electron chi connectivity index (χ0n) is 13.7. The van der Waals surface area contributed by atoms with Crippen molar-refractivity contribution >= 4 is 29.6 Å². The van der Waals surface area contributed by atoms with Crippen LogP contribution in [-0.4, -0.2) is 52.5 Å². The minimum atomic E-state index is -0.668. The van der Waals surface area contributed by atoms with Crippen molar-refractivity contribution in [1.29, 1.82) is 0 Å². The van der Waals surface area contributed by atoms with Gasteiger partial charge < -0.3 is 18.8 Å². The highest BCUT2D eigenvalue weighted by Crippen LogP contribution is 2.36. The molecule has 7 heteroatoms. The number of anilines is 1. The third kappa shape index (κ3) is 3.00. The van der Waals surface area contributed by atoms with Crippen LogP contribution in [-0.2, 0) is 20.5 Å². The molecule has 0 radical (unpaired) electrons. The first kappa shape index (κ1) is 16.1. The molecule has 0 atom stereocenters. The van der Waals surface area contributed by atoms with Crippen LogP contribution in [0.5, 0.6) is 0 Å². The number of hydrogen-bond acceptors (Lipinski definition) is 5. The first-order chi connectivity index (χ1) is 10.3. The van der Waals surface area contributed by atoms with Crippen LogP contribution in [0.3, 0.4) is 0 Å². The van der Waals surface area contributed by atoms with Gasteiger partial charge in [-0.25, -0.2) is 4.98 Å². The van der Waals surface area contributed by atoms with Crippen LogP contribution >= 0.6 is 0 Å². The number of pyridine rings is 1. The second-order valence-corrected chi connectivity index (χ2v) is 8.57. The lowest BCUT2D eigenvalue weighted by Crippen LogP contribution is -2.41. The molecule has 0 saturated carbocycles. The van der Waals surface area contributed by atoms with Crippen molar-refractivity contribution in [3.05, 3.63) is 18.3 Å². The van der Waals surface area contributed by atoms with E-state index in [0.717, 1.165) is 35.9 Å². The van der Waals surface area contributed by atoms with Crippen LogP contribution in [0.4, 0.5) is 5.82 Å². The smallest absolute Gasteiger partial charge is 0.496 e. The van der Waals surface area contributed by atoms with E-state index in [1.54, 1.807) is 0 Å². The Balaban J connectivity index is 1.70. The van der Waals surface area contributed by atoms with E-state index in [4.69, 9.17) is 9.31 Å². The number of hydrogen-bond donors (Lipinski definition) is 0. The first-order valence-electron chi connectivity index (χ1n) is 7.70. The summed E-state index contributed by atoms with van der Waals surface area (Å²) in [5.41, 5.74) is 0.253. The van der Waals surface area contributed by atoms with Crippen molar-refractivity contribution in [3.8, 4) is 0 Å². The first-order valence-corrected chi connectivity index (χ1v) is 9.19. The summed E-state index contributed by atoms with van der Waals surface area (Å²) in [4.78, 5) is 6.71. The molecule has 2 aliphatic heterocycles. The molecular weight excluding hydrogens is 299 g/mol. The van der Waals surface area contributed by atoms with Gasteiger partial charge in [-0.3, -0.25) is 0 Å². The highest BCUT2D eigenvalue weighted by molar-refractivity contribution is 7.91. The Labute approximate surface area is 135 Å². The monoisotopic (exact) mass is 322 g/mol. The van der Waals surface area contributed by atoms with Crippen molar-refractivity contribution in [2.24, 2.45) is 0 Å². The van der Waals surface area contributed by atoms with E-state index in [-0.39, 0.29) is 18.3 Å². The molecule has 2 aliphatic rings. The van der Waals surface area contributed by atoms with E-state index in [9.17, 15) is 4.55 Å². The molecule has 0 unspecified atom stereocenters. The van der Waals surface area contributed by atoms with Gasteiger partial charge in [0.25, 0.3) is 0 Å². The molecule has 1 aromatic rings. The van der Waals surface area contributed by atoms with Gasteiger partial charge >= 0.3 is 7.12 Å². The summed E-state index contributed by atoms with van der Waals surface area (Å²) >= 11 is -0.668. The van der Waals surface area contributed by atoms with Crippen molar-refractivity contribution < 1.29 is 13.9 Å². The summed E-state index contributed by atoms with van der Waals surface area (Å²) in [6.45, 7) is 9.78. The minimum Gasteiger partial charge on any atom is -0.616 e. The lowest BCUT2D eigenvalue weighted by atomic mass is 9.80. The summed E-state index contributed by atoms with van der Waals surface area (Å²) in [5.74, 6) is 2.37. The molecule has 5 nitrogen and oxygen atoms in total. The number of nitrogens with zero attached hydrogens (tertiary/aromatic N) is 2. The van der Waals surface area contributed by atoms with Crippen LogP contribution < -0.4 is 10.4 Å². The molecule has 0 aromatic carbocycles. The van der Waals surface area contributed by atoms with Crippen molar-refractivity contribution in [2.45, 2.75) is 38.9 Å². The summed E-state index contributed by atoms with van der Waals surface area (Å²) in [6, 6.07) is 4.00. The molecular formula is C15H23BN2O3S. The van der Waals surface area contributed by atoms with E-state index in [1.807, 2.05) is 46.0 Å². The maximum Gasteiger partial charge on any atom is 0.496 e. The van der Waals surface area contributed by atoms with Gasteiger partial charge in [-0.05, 0) is 33.8 Å². The van der Waals surface area contributed by atoms with E-state index < -0.39 is 11.2 Å². The normalized spacial score (nSPS) is 24.8. The zero-order chi connectivity index (χ0) is 16.0. The Morgan fingerprint density at radius 2 is 1.73 bits per heavy atom. The van der Waals surface area contributed by atoms with Gasteiger partial charge in [0.15, 0.2) is 0 Å². The molecule has 1 aromatic heterocycles. The fourth-order valence-electron chi connectivity index (χ4n) is 2.57. The van der Waals surface area contributed by atoms with E-state index in [1.165, 1.54) is 0 Å². The molecule has 2 saturated heterocycles. The highest BCUT2D eigenvalue weighted by Gasteiger charge is 2.51. The zero-order valence-corrected chi connectivity index (χ0v) is 14.5. The van der Waals surface area contributed by atoms with Gasteiger partial charge in [0, 0.05) is 11.7 Å². The summed E-state index contributed by atoms with van der Waals surface area (Å²) in [7, 11) is -0.375. The van der Waals surface area contributed by atoms with Crippen LogP contribution in [0.15, 0.2) is 18.3 Å². The molecule has 0 bridgehead atoms. The SMILES string of the molecule is CC1(C)OB(c2ccc(N3CC[S+]([O-])CC3)nc2)OC1(C)C. The molecule has 0 amide bonds. The third-order valence-electron chi connectivity index (χ3n) is 4.80. The Kier molecular flexibility index (Phi) is 4.18. The Bertz CT molecular complexity index is 514. The van der Waals surface area contributed by atoms with Crippen molar-refractivity contribution in [3.63, 3.8) is 0 Å². The van der Waals surface area contributed by atoms with Gasteiger partial charge in [-0.2, -0.15) is 0 Å². The van der Waals surface area contributed by atoms with E-state index in [0.29, 0.717) is 0 Å². The van der Waals surface area contributed by atoms with Crippen molar-refractivity contribution in [1.82, 2.24) is 4.98 Å². The van der Waals surface area contributed by atoms with Gasteiger partial charge in [0.1, 0.15) is 17.3 Å². The number of aromatic nitrogens is 1. The fraction of sp³-hybridized carbons (Fsp3) is 0.667. The van der Waals surface area contributed by atoms with Crippen LogP contribution in [0.25, 0.3) is 0 Å². The van der Waals surface area contributed by atoms with Gasteiger partial charge in [-0.15, -0.1) is 0 Å². The topological polar surface area (TPSA) is 57.7 Å². The second-order valence-electron chi connectivity index (χ2n) is 6.87. The van der Waals surface area contributed by atoms with Crippen LogP contribution in [0.2, 0.25) is 0 Å². The average molecular weight is 322 g/mol. The molecule has 3 rings (SSSR count). The van der Waals surface area contributed by atoms with Gasteiger partial charge in [0.05, 0.1) is 24.3 Å². The predicted octanol–water partition coefficient (Wildman–Crippen LogP) is 0.949. The van der Waals surface area contributed by atoms with Gasteiger partial charge in [-0.1, -0.05) is 17.2 Å².